The van der Waals surface area contributed by atoms with Gasteiger partial charge in [-0.1, -0.05) is 55.5 Å². The standard InChI is InChI=1S/C23H24N4O4S/c1-14(2)10-20(28)24-17(11-15-6-4-3-5-7-15)21(29)25-23-27-26-22(32-23)16-8-9-18-19(12-16)31-13-30-18/h3-9,12,14,17H,10-11,13H2,1-2H3,(H,24,28)(H,25,27,29)/t17-/m0/s1. The maximum absolute atomic E-state index is 13.0. The Morgan fingerprint density at radius 2 is 1.84 bits per heavy atom. The lowest BCUT2D eigenvalue weighted by atomic mass is 10.0. The lowest BCUT2D eigenvalue weighted by Crippen LogP contribution is -2.45. The Bertz CT molecular complexity index is 1100. The van der Waals surface area contributed by atoms with Gasteiger partial charge in [-0.25, -0.2) is 0 Å². The van der Waals surface area contributed by atoms with Crippen LogP contribution in [0.4, 0.5) is 5.13 Å². The van der Waals surface area contributed by atoms with Crippen molar-refractivity contribution in [2.24, 2.45) is 5.92 Å². The van der Waals surface area contributed by atoms with E-state index in [1.165, 1.54) is 11.3 Å². The predicted molar refractivity (Wildman–Crippen MR) is 122 cm³/mol. The molecule has 0 spiro atoms. The molecule has 2 N–H and O–H groups in total. The summed E-state index contributed by atoms with van der Waals surface area (Å²) in [6.07, 6.45) is 0.732. The maximum atomic E-state index is 13.0. The largest absolute Gasteiger partial charge is 0.454 e. The summed E-state index contributed by atoms with van der Waals surface area (Å²) in [5, 5.41) is 14.9. The average Bonchev–Trinajstić information content (AvgIpc) is 3.42. The van der Waals surface area contributed by atoms with E-state index in [4.69, 9.17) is 9.47 Å². The predicted octanol–water partition coefficient (Wildman–Crippen LogP) is 3.65. The number of aromatic nitrogens is 2. The van der Waals surface area contributed by atoms with Crippen molar-refractivity contribution in [1.82, 2.24) is 15.5 Å². The van der Waals surface area contributed by atoms with Crippen molar-refractivity contribution >= 4 is 28.3 Å². The van der Waals surface area contributed by atoms with E-state index in [1.807, 2.05) is 62.4 Å². The van der Waals surface area contributed by atoms with E-state index < -0.39 is 6.04 Å². The smallest absolute Gasteiger partial charge is 0.249 e. The first-order chi connectivity index (χ1) is 15.5. The van der Waals surface area contributed by atoms with Crippen molar-refractivity contribution in [2.45, 2.75) is 32.7 Å². The molecule has 0 saturated heterocycles. The molecule has 0 aliphatic carbocycles. The Labute approximate surface area is 190 Å². The van der Waals surface area contributed by atoms with Gasteiger partial charge < -0.3 is 14.8 Å². The molecule has 1 atom stereocenters. The zero-order valence-electron chi connectivity index (χ0n) is 17.8. The van der Waals surface area contributed by atoms with E-state index in [1.54, 1.807) is 0 Å². The summed E-state index contributed by atoms with van der Waals surface area (Å²) in [6.45, 7) is 4.12. The van der Waals surface area contributed by atoms with Gasteiger partial charge in [0.1, 0.15) is 11.0 Å². The fourth-order valence-corrected chi connectivity index (χ4v) is 4.04. The molecule has 0 saturated carbocycles. The molecule has 166 valence electrons. The van der Waals surface area contributed by atoms with Crippen LogP contribution in [0.15, 0.2) is 48.5 Å². The fraction of sp³-hybridized carbons (Fsp3) is 0.304. The van der Waals surface area contributed by atoms with Crippen molar-refractivity contribution in [3.63, 3.8) is 0 Å². The van der Waals surface area contributed by atoms with Crippen LogP contribution in [-0.2, 0) is 16.0 Å². The van der Waals surface area contributed by atoms with Gasteiger partial charge >= 0.3 is 0 Å². The van der Waals surface area contributed by atoms with Crippen molar-refractivity contribution in [3.8, 4) is 22.1 Å². The lowest BCUT2D eigenvalue weighted by molar-refractivity contribution is -0.127. The third-order valence-electron chi connectivity index (χ3n) is 4.80. The Kier molecular flexibility index (Phi) is 6.65. The Balaban J connectivity index is 1.47. The first-order valence-electron chi connectivity index (χ1n) is 10.4. The van der Waals surface area contributed by atoms with E-state index in [-0.39, 0.29) is 24.5 Å². The van der Waals surface area contributed by atoms with Crippen LogP contribution in [0.3, 0.4) is 0 Å². The van der Waals surface area contributed by atoms with Crippen LogP contribution in [0, 0.1) is 5.92 Å². The van der Waals surface area contributed by atoms with Crippen LogP contribution in [0.2, 0.25) is 0 Å². The van der Waals surface area contributed by atoms with Crippen molar-refractivity contribution in [1.29, 1.82) is 0 Å². The molecule has 2 heterocycles. The molecule has 2 aromatic carbocycles. The number of carbonyl (C=O) groups excluding carboxylic acids is 2. The number of hydrogen-bond donors (Lipinski definition) is 2. The minimum absolute atomic E-state index is 0.158. The average molecular weight is 453 g/mol. The summed E-state index contributed by atoms with van der Waals surface area (Å²) in [4.78, 5) is 25.4. The molecule has 0 unspecified atom stereocenters. The van der Waals surface area contributed by atoms with Crippen LogP contribution >= 0.6 is 11.3 Å². The molecular weight excluding hydrogens is 428 g/mol. The summed E-state index contributed by atoms with van der Waals surface area (Å²) >= 11 is 1.25. The third kappa shape index (κ3) is 5.42. The van der Waals surface area contributed by atoms with E-state index in [9.17, 15) is 9.59 Å². The number of hydrogen-bond acceptors (Lipinski definition) is 7. The fourth-order valence-electron chi connectivity index (χ4n) is 3.30. The van der Waals surface area contributed by atoms with Gasteiger partial charge in [0.2, 0.25) is 23.7 Å². The molecule has 8 nitrogen and oxygen atoms in total. The first-order valence-corrected chi connectivity index (χ1v) is 11.2. The number of benzene rings is 2. The molecule has 1 aliphatic rings. The number of ether oxygens (including phenoxy) is 2. The van der Waals surface area contributed by atoms with Gasteiger partial charge in [-0.05, 0) is 29.7 Å². The zero-order valence-corrected chi connectivity index (χ0v) is 18.6. The van der Waals surface area contributed by atoms with Gasteiger partial charge in [0, 0.05) is 18.4 Å². The summed E-state index contributed by atoms with van der Waals surface area (Å²) in [7, 11) is 0. The number of nitrogens with zero attached hydrogens (tertiary/aromatic N) is 2. The topological polar surface area (TPSA) is 102 Å². The summed E-state index contributed by atoms with van der Waals surface area (Å²) < 4.78 is 10.7. The van der Waals surface area contributed by atoms with Crippen molar-refractivity contribution in [3.05, 3.63) is 54.1 Å². The SMILES string of the molecule is CC(C)CC(=O)N[C@@H](Cc1ccccc1)C(=O)Nc1nnc(-c2ccc3c(c2)OCO3)s1. The normalized spacial score (nSPS) is 13.1. The highest BCUT2D eigenvalue weighted by atomic mass is 32.1. The highest BCUT2D eigenvalue weighted by Crippen LogP contribution is 2.37. The van der Waals surface area contributed by atoms with Gasteiger partial charge in [-0.15, -0.1) is 10.2 Å². The van der Waals surface area contributed by atoms with E-state index >= 15 is 0 Å². The molecule has 9 heteroatoms. The number of nitrogens with one attached hydrogen (secondary N) is 2. The molecule has 0 bridgehead atoms. The molecule has 2 amide bonds. The molecule has 3 aromatic rings. The second-order valence-electron chi connectivity index (χ2n) is 7.88. The summed E-state index contributed by atoms with van der Waals surface area (Å²) in [6, 6.07) is 14.4. The Morgan fingerprint density at radius 1 is 1.06 bits per heavy atom. The number of anilines is 1. The van der Waals surface area contributed by atoms with Gasteiger partial charge in [0.25, 0.3) is 0 Å². The van der Waals surface area contributed by atoms with E-state index in [2.05, 4.69) is 20.8 Å². The highest BCUT2D eigenvalue weighted by Gasteiger charge is 2.23. The number of fused-ring (bicyclic) bond motifs is 1. The lowest BCUT2D eigenvalue weighted by Gasteiger charge is -2.18. The van der Waals surface area contributed by atoms with Crippen LogP contribution in [-0.4, -0.2) is 34.8 Å². The van der Waals surface area contributed by atoms with E-state index in [0.29, 0.717) is 34.5 Å². The first kappa shape index (κ1) is 21.8. The van der Waals surface area contributed by atoms with Crippen molar-refractivity contribution < 1.29 is 19.1 Å². The summed E-state index contributed by atoms with van der Waals surface area (Å²) in [5.41, 5.74) is 1.77. The molecule has 1 aliphatic heterocycles. The minimum Gasteiger partial charge on any atom is -0.454 e. The van der Waals surface area contributed by atoms with Gasteiger partial charge in [0.05, 0.1) is 0 Å². The third-order valence-corrected chi connectivity index (χ3v) is 5.69. The van der Waals surface area contributed by atoms with Gasteiger partial charge in [-0.2, -0.15) is 0 Å². The molecule has 4 rings (SSSR count). The van der Waals surface area contributed by atoms with Crippen LogP contribution in [0.25, 0.3) is 10.6 Å². The van der Waals surface area contributed by atoms with Gasteiger partial charge in [-0.3, -0.25) is 14.9 Å². The second-order valence-corrected chi connectivity index (χ2v) is 8.85. The Hall–Kier alpha value is -3.46. The summed E-state index contributed by atoms with van der Waals surface area (Å²) in [5.74, 6) is 1.04. The maximum Gasteiger partial charge on any atom is 0.249 e. The highest BCUT2D eigenvalue weighted by molar-refractivity contribution is 7.18. The molecule has 1 aromatic heterocycles. The van der Waals surface area contributed by atoms with Crippen LogP contribution in [0.5, 0.6) is 11.5 Å². The van der Waals surface area contributed by atoms with Crippen LogP contribution < -0.4 is 20.1 Å². The number of rotatable bonds is 8. The van der Waals surface area contributed by atoms with Crippen LogP contribution in [0.1, 0.15) is 25.8 Å². The molecule has 32 heavy (non-hydrogen) atoms. The minimum atomic E-state index is -0.721. The Morgan fingerprint density at radius 3 is 2.62 bits per heavy atom. The monoisotopic (exact) mass is 452 g/mol. The quantitative estimate of drug-likeness (QED) is 0.541. The van der Waals surface area contributed by atoms with Crippen molar-refractivity contribution in [2.75, 3.05) is 12.1 Å². The molecular formula is C23H24N4O4S. The molecule has 0 radical (unpaired) electrons. The number of carbonyl (C=O) groups is 2. The zero-order chi connectivity index (χ0) is 22.5. The second kappa shape index (κ2) is 9.78. The van der Waals surface area contributed by atoms with Gasteiger partial charge in [0.15, 0.2) is 11.5 Å². The molecule has 0 fully saturated rings. The van der Waals surface area contributed by atoms with E-state index in [0.717, 1.165) is 11.1 Å². The number of amides is 2.